The van der Waals surface area contributed by atoms with Gasteiger partial charge in [0.15, 0.2) is 0 Å². The number of nitriles is 1. The van der Waals surface area contributed by atoms with Crippen LogP contribution in [0.15, 0.2) is 18.2 Å². The summed E-state index contributed by atoms with van der Waals surface area (Å²) in [6.45, 7) is 2.09. The van der Waals surface area contributed by atoms with Crippen molar-refractivity contribution in [2.75, 3.05) is 30.7 Å². The van der Waals surface area contributed by atoms with Crippen LogP contribution in [-0.4, -0.2) is 52.2 Å². The van der Waals surface area contributed by atoms with Crippen molar-refractivity contribution in [2.45, 2.75) is 37.6 Å². The van der Waals surface area contributed by atoms with Crippen LogP contribution in [-0.2, 0) is 11.8 Å². The molecule has 2 aliphatic carbocycles. The lowest BCUT2D eigenvalue weighted by Crippen LogP contribution is -2.51. The third-order valence-corrected chi connectivity index (χ3v) is 7.65. The minimum absolute atomic E-state index is 0.101. The van der Waals surface area contributed by atoms with E-state index in [0.717, 1.165) is 38.3 Å². The SMILES string of the molecule is Cn1nc(C2CC3CC(N4CCNC(=O)C4)CC3C2)c(C(=O)Nc2ccc(F)c(C#N)c2)c1N. The van der Waals surface area contributed by atoms with Crippen LogP contribution in [0.2, 0.25) is 0 Å². The first-order valence-corrected chi connectivity index (χ1v) is 11.7. The summed E-state index contributed by atoms with van der Waals surface area (Å²) >= 11 is 0. The number of fused-ring (bicyclic) bond motifs is 1. The molecule has 9 nitrogen and oxygen atoms in total. The number of carbonyl (C=O) groups is 2. The maximum Gasteiger partial charge on any atom is 0.261 e. The third kappa shape index (κ3) is 4.01. The van der Waals surface area contributed by atoms with Gasteiger partial charge in [-0.15, -0.1) is 0 Å². The first-order chi connectivity index (χ1) is 16.3. The fourth-order valence-corrected chi connectivity index (χ4v) is 6.04. The Balaban J connectivity index is 1.31. The fourth-order valence-electron chi connectivity index (χ4n) is 6.04. The minimum atomic E-state index is -0.636. The monoisotopic (exact) mass is 465 g/mol. The zero-order chi connectivity index (χ0) is 24.0. The largest absolute Gasteiger partial charge is 0.383 e. The van der Waals surface area contributed by atoms with Crippen LogP contribution >= 0.6 is 0 Å². The molecule has 0 radical (unpaired) electrons. The number of nitrogen functional groups attached to an aromatic ring is 1. The maximum atomic E-state index is 13.7. The lowest BCUT2D eigenvalue weighted by atomic mass is 9.95. The zero-order valence-corrected chi connectivity index (χ0v) is 19.1. The van der Waals surface area contributed by atoms with Crippen LogP contribution in [0.25, 0.3) is 0 Å². The predicted octanol–water partition coefficient (Wildman–Crippen LogP) is 1.97. The van der Waals surface area contributed by atoms with E-state index in [1.807, 2.05) is 0 Å². The van der Waals surface area contributed by atoms with E-state index >= 15 is 0 Å². The van der Waals surface area contributed by atoms with Crippen molar-refractivity contribution in [3.8, 4) is 6.07 Å². The molecule has 2 saturated carbocycles. The molecule has 5 rings (SSSR count). The van der Waals surface area contributed by atoms with Gasteiger partial charge in [-0.25, -0.2) is 4.39 Å². The first-order valence-electron chi connectivity index (χ1n) is 11.7. The third-order valence-electron chi connectivity index (χ3n) is 7.65. The van der Waals surface area contributed by atoms with Gasteiger partial charge in [0.05, 0.1) is 17.8 Å². The number of nitrogens with two attached hydrogens (primary N) is 1. The quantitative estimate of drug-likeness (QED) is 0.633. The van der Waals surface area contributed by atoms with Gasteiger partial charge in [-0.1, -0.05) is 0 Å². The molecule has 3 fully saturated rings. The summed E-state index contributed by atoms with van der Waals surface area (Å²) in [5.74, 6) is 0.540. The highest BCUT2D eigenvalue weighted by atomic mass is 19.1. The highest BCUT2D eigenvalue weighted by Gasteiger charge is 2.46. The van der Waals surface area contributed by atoms with Gasteiger partial charge in [0.1, 0.15) is 23.3 Å². The standard InChI is InChI=1S/C24H28FN7O2/c1-31-23(27)21(24(34)29-17-2-3-19(25)16(8-17)11-26)22(30-31)15-6-13-9-18(10-14(13)7-15)32-5-4-28-20(33)12-32/h2-3,8,13-15,18H,4-7,9-10,12,27H2,1H3,(H,28,33)(H,29,34). The van der Waals surface area contributed by atoms with Gasteiger partial charge in [0, 0.05) is 37.8 Å². The molecule has 1 saturated heterocycles. The Kier molecular flexibility index (Phi) is 5.73. The van der Waals surface area contributed by atoms with Crippen molar-refractivity contribution >= 4 is 23.3 Å². The van der Waals surface area contributed by atoms with Crippen LogP contribution in [0.5, 0.6) is 0 Å². The summed E-state index contributed by atoms with van der Waals surface area (Å²) < 4.78 is 15.2. The zero-order valence-electron chi connectivity index (χ0n) is 19.1. The highest BCUT2D eigenvalue weighted by molar-refractivity contribution is 6.08. The van der Waals surface area contributed by atoms with Crippen LogP contribution in [0.3, 0.4) is 0 Å². The van der Waals surface area contributed by atoms with Crippen LogP contribution in [0, 0.1) is 29.0 Å². The van der Waals surface area contributed by atoms with Crippen molar-refractivity contribution in [3.63, 3.8) is 0 Å². The minimum Gasteiger partial charge on any atom is -0.383 e. The average molecular weight is 466 g/mol. The van der Waals surface area contributed by atoms with E-state index in [4.69, 9.17) is 11.0 Å². The normalized spacial score (nSPS) is 26.7. The summed E-state index contributed by atoms with van der Waals surface area (Å²) in [7, 11) is 1.72. The molecule has 1 aliphatic heterocycles. The maximum absolute atomic E-state index is 13.7. The number of halogens is 1. The van der Waals surface area contributed by atoms with E-state index in [9.17, 15) is 14.0 Å². The Labute approximate surface area is 197 Å². The van der Waals surface area contributed by atoms with Crippen molar-refractivity contribution in [3.05, 3.63) is 40.8 Å². The number of nitrogens with one attached hydrogen (secondary N) is 2. The van der Waals surface area contributed by atoms with Crippen LogP contribution < -0.4 is 16.4 Å². The molecular weight excluding hydrogens is 437 g/mol. The van der Waals surface area contributed by atoms with E-state index in [2.05, 4.69) is 20.6 Å². The van der Waals surface area contributed by atoms with E-state index in [1.54, 1.807) is 13.1 Å². The van der Waals surface area contributed by atoms with E-state index in [1.165, 1.54) is 16.8 Å². The summed E-state index contributed by atoms with van der Waals surface area (Å²) in [5, 5.41) is 19.3. The molecule has 1 aromatic heterocycles. The number of aryl methyl sites for hydroxylation is 1. The van der Waals surface area contributed by atoms with E-state index in [-0.39, 0.29) is 23.2 Å². The van der Waals surface area contributed by atoms with Crippen LogP contribution in [0.4, 0.5) is 15.9 Å². The number of piperazine rings is 1. The molecule has 178 valence electrons. The summed E-state index contributed by atoms with van der Waals surface area (Å²) in [5.41, 5.74) is 7.47. The van der Waals surface area contributed by atoms with Gasteiger partial charge in [-0.2, -0.15) is 10.4 Å². The number of anilines is 2. The lowest BCUT2D eigenvalue weighted by Gasteiger charge is -2.32. The number of benzene rings is 1. The molecule has 34 heavy (non-hydrogen) atoms. The molecule has 2 unspecified atom stereocenters. The van der Waals surface area contributed by atoms with Crippen molar-refractivity contribution in [1.82, 2.24) is 20.0 Å². The number of nitrogens with zero attached hydrogens (tertiary/aromatic N) is 4. The molecule has 3 aliphatic rings. The summed E-state index contributed by atoms with van der Waals surface area (Å²) in [6.07, 6.45) is 4.00. The van der Waals surface area contributed by atoms with Gasteiger partial charge in [0.2, 0.25) is 5.91 Å². The molecule has 0 spiro atoms. The van der Waals surface area contributed by atoms with Gasteiger partial charge in [-0.3, -0.25) is 19.2 Å². The predicted molar refractivity (Wildman–Crippen MR) is 123 cm³/mol. The molecule has 2 heterocycles. The van der Waals surface area contributed by atoms with Crippen molar-refractivity contribution < 1.29 is 14.0 Å². The Morgan fingerprint density at radius 1 is 1.29 bits per heavy atom. The Bertz CT molecular complexity index is 1170. The molecule has 2 amide bonds. The van der Waals surface area contributed by atoms with Crippen LogP contribution in [0.1, 0.15) is 53.2 Å². The summed E-state index contributed by atoms with van der Waals surface area (Å²) in [4.78, 5) is 27.3. The molecular formula is C24H28FN7O2. The second-order valence-electron chi connectivity index (χ2n) is 9.66. The first kappa shape index (κ1) is 22.3. The molecule has 2 aromatic rings. The Morgan fingerprint density at radius 2 is 2.03 bits per heavy atom. The number of hydrogen-bond donors (Lipinski definition) is 3. The number of amides is 2. The number of carbonyl (C=O) groups excluding carboxylic acids is 2. The molecule has 4 N–H and O–H groups in total. The van der Waals surface area contributed by atoms with Crippen molar-refractivity contribution in [2.24, 2.45) is 18.9 Å². The lowest BCUT2D eigenvalue weighted by molar-refractivity contribution is -0.124. The topological polar surface area (TPSA) is 129 Å². The average Bonchev–Trinajstić information content (AvgIpc) is 3.47. The smallest absolute Gasteiger partial charge is 0.261 e. The molecule has 1 aromatic carbocycles. The highest BCUT2D eigenvalue weighted by Crippen LogP contribution is 2.52. The Hall–Kier alpha value is -3.45. The van der Waals surface area contributed by atoms with E-state index in [0.29, 0.717) is 47.9 Å². The number of aromatic nitrogens is 2. The van der Waals surface area contributed by atoms with E-state index < -0.39 is 11.7 Å². The molecule has 2 atom stereocenters. The number of hydrogen-bond acceptors (Lipinski definition) is 6. The number of rotatable bonds is 4. The second-order valence-corrected chi connectivity index (χ2v) is 9.66. The molecule has 10 heteroatoms. The molecule has 0 bridgehead atoms. The van der Waals surface area contributed by atoms with Gasteiger partial charge < -0.3 is 16.4 Å². The Morgan fingerprint density at radius 3 is 2.71 bits per heavy atom. The second kappa shape index (κ2) is 8.72. The van der Waals surface area contributed by atoms with Gasteiger partial charge in [-0.05, 0) is 55.7 Å². The van der Waals surface area contributed by atoms with Gasteiger partial charge in [0.25, 0.3) is 5.91 Å². The summed E-state index contributed by atoms with van der Waals surface area (Å²) in [6, 6.07) is 6.09. The van der Waals surface area contributed by atoms with Crippen molar-refractivity contribution in [1.29, 1.82) is 5.26 Å². The van der Waals surface area contributed by atoms with Gasteiger partial charge >= 0.3 is 0 Å². The fraction of sp³-hybridized carbons (Fsp3) is 0.500.